The predicted molar refractivity (Wildman–Crippen MR) is 123 cm³/mol. The molecule has 1 aliphatic heterocycles. The molecule has 1 unspecified atom stereocenters. The first-order chi connectivity index (χ1) is 14.9. The lowest BCUT2D eigenvalue weighted by molar-refractivity contribution is -0.139. The van der Waals surface area contributed by atoms with Crippen molar-refractivity contribution < 1.29 is 4.79 Å². The molecular weight excluding hydrogens is 382 g/mol. The van der Waals surface area contributed by atoms with Crippen molar-refractivity contribution in [3.63, 3.8) is 0 Å². The van der Waals surface area contributed by atoms with Gasteiger partial charge in [0.05, 0.1) is 0 Å². The Labute approximate surface area is 187 Å². The van der Waals surface area contributed by atoms with Crippen LogP contribution in [0.2, 0.25) is 0 Å². The molecule has 4 aliphatic rings. The van der Waals surface area contributed by atoms with Gasteiger partial charge in [-0.1, -0.05) is 33.3 Å². The summed E-state index contributed by atoms with van der Waals surface area (Å²) in [4.78, 5) is 23.4. The number of hydrogen-bond acceptors (Lipinski definition) is 3. The van der Waals surface area contributed by atoms with Crippen molar-refractivity contribution in [2.24, 2.45) is 40.4 Å². The van der Waals surface area contributed by atoms with Crippen molar-refractivity contribution in [3.05, 3.63) is 36.4 Å². The summed E-state index contributed by atoms with van der Waals surface area (Å²) in [6.07, 6.45) is 18.0. The van der Waals surface area contributed by atoms with E-state index in [0.29, 0.717) is 23.3 Å². The van der Waals surface area contributed by atoms with E-state index in [0.717, 1.165) is 36.4 Å². The number of likely N-dealkylation sites (N-methyl/N-ethyl adjacent to an activating group) is 1. The molecule has 0 bridgehead atoms. The van der Waals surface area contributed by atoms with E-state index in [4.69, 9.17) is 0 Å². The summed E-state index contributed by atoms with van der Waals surface area (Å²) in [5.74, 6) is 5.02. The molecule has 0 saturated heterocycles. The topological polar surface area (TPSA) is 46.1 Å². The molecule has 0 radical (unpaired) electrons. The second-order valence-electron chi connectivity index (χ2n) is 11.4. The van der Waals surface area contributed by atoms with Gasteiger partial charge >= 0.3 is 0 Å². The maximum atomic E-state index is 12.3. The largest absolute Gasteiger partial charge is 0.338 e. The fourth-order valence-electron chi connectivity index (χ4n) is 8.79. The lowest BCUT2D eigenvalue weighted by Crippen LogP contribution is -2.59. The molecule has 1 aromatic heterocycles. The highest BCUT2D eigenvalue weighted by atomic mass is 16.2. The number of rotatable bonds is 4. The zero-order chi connectivity index (χ0) is 21.8. The van der Waals surface area contributed by atoms with Crippen LogP contribution in [0.3, 0.4) is 0 Å². The van der Waals surface area contributed by atoms with Crippen molar-refractivity contribution in [1.82, 2.24) is 14.9 Å². The van der Waals surface area contributed by atoms with E-state index in [1.807, 2.05) is 36.5 Å². The second kappa shape index (κ2) is 7.71. The maximum Gasteiger partial charge on any atom is 0.246 e. The number of hydrogen-bond donors (Lipinski definition) is 0. The molecule has 4 heteroatoms. The molecule has 3 saturated carbocycles. The fourth-order valence-corrected chi connectivity index (χ4v) is 8.79. The molecule has 4 nitrogen and oxygen atoms in total. The molecule has 3 fully saturated rings. The minimum Gasteiger partial charge on any atom is -0.338 e. The molecule has 2 heterocycles. The zero-order valence-corrected chi connectivity index (χ0v) is 19.8. The average molecular weight is 422 g/mol. The molecular formula is C27H39N3O. The van der Waals surface area contributed by atoms with Crippen LogP contribution in [0.4, 0.5) is 0 Å². The van der Waals surface area contributed by atoms with Gasteiger partial charge in [0.25, 0.3) is 0 Å². The summed E-state index contributed by atoms with van der Waals surface area (Å²) in [6, 6.07) is 2.30. The van der Waals surface area contributed by atoms with E-state index in [9.17, 15) is 4.79 Å². The Morgan fingerprint density at radius 2 is 1.87 bits per heavy atom. The van der Waals surface area contributed by atoms with Gasteiger partial charge in [-0.3, -0.25) is 4.79 Å². The number of aromatic nitrogens is 2. The van der Waals surface area contributed by atoms with E-state index < -0.39 is 0 Å². The van der Waals surface area contributed by atoms with Gasteiger partial charge in [-0.15, -0.1) is 0 Å². The first-order valence-electron chi connectivity index (χ1n) is 12.6. The van der Waals surface area contributed by atoms with Crippen LogP contribution in [-0.2, 0) is 11.2 Å². The zero-order valence-electron chi connectivity index (χ0n) is 19.8. The van der Waals surface area contributed by atoms with Gasteiger partial charge in [-0.25, -0.2) is 9.97 Å². The SMILES string of the molecule is CCC(Cc1ncccn1)[C@H]1CC[C@H]2[C@@H]3CC[C@H]4N(C)C(=O)C=C[C@]4(C)[C@H]3CC[C@]12C. The quantitative estimate of drug-likeness (QED) is 0.663. The van der Waals surface area contributed by atoms with Crippen molar-refractivity contribution >= 4 is 5.91 Å². The summed E-state index contributed by atoms with van der Waals surface area (Å²) in [5, 5.41) is 0. The van der Waals surface area contributed by atoms with Crippen molar-refractivity contribution in [2.45, 2.75) is 78.2 Å². The average Bonchev–Trinajstić information content (AvgIpc) is 3.13. The third-order valence-corrected chi connectivity index (χ3v) is 10.4. The molecule has 0 N–H and O–H groups in total. The summed E-state index contributed by atoms with van der Waals surface area (Å²) in [5.41, 5.74) is 0.590. The predicted octanol–water partition coefficient (Wildman–Crippen LogP) is 5.30. The molecule has 5 rings (SSSR count). The minimum absolute atomic E-state index is 0.146. The van der Waals surface area contributed by atoms with Crippen LogP contribution in [-0.4, -0.2) is 33.9 Å². The standard InChI is InChI=1S/C27H39N3O/c1-5-18(17-24-28-15-6-16-29-24)20-8-9-21-19-7-10-23-27(3,14-12-25(31)30(23)4)22(19)11-13-26(20,21)2/h6,12,14-16,18-23H,5,7-11,13,17H2,1-4H3/t18?,19-,20+,21-,22-,23+,26+,27+/m0/s1. The maximum absolute atomic E-state index is 12.3. The van der Waals surface area contributed by atoms with Gasteiger partial charge < -0.3 is 4.90 Å². The van der Waals surface area contributed by atoms with Crippen LogP contribution in [0, 0.1) is 40.4 Å². The monoisotopic (exact) mass is 421 g/mol. The third kappa shape index (κ3) is 3.19. The Hall–Kier alpha value is -1.71. The molecule has 8 atom stereocenters. The Morgan fingerprint density at radius 3 is 2.61 bits per heavy atom. The normalized spacial score (nSPS) is 42.6. The van der Waals surface area contributed by atoms with Crippen molar-refractivity contribution in [1.29, 1.82) is 0 Å². The van der Waals surface area contributed by atoms with Crippen LogP contribution in [0.15, 0.2) is 30.6 Å². The molecule has 0 spiro atoms. The molecule has 0 aromatic carbocycles. The van der Waals surface area contributed by atoms with Crippen molar-refractivity contribution in [2.75, 3.05) is 7.05 Å². The summed E-state index contributed by atoms with van der Waals surface area (Å²) < 4.78 is 0. The van der Waals surface area contributed by atoms with Gasteiger partial charge in [0, 0.05) is 37.3 Å². The Bertz CT molecular complexity index is 853. The van der Waals surface area contributed by atoms with E-state index in [1.54, 1.807) is 0 Å². The third-order valence-electron chi connectivity index (χ3n) is 10.4. The highest BCUT2D eigenvalue weighted by Crippen LogP contribution is 2.66. The Kier molecular flexibility index (Phi) is 5.26. The van der Waals surface area contributed by atoms with E-state index >= 15 is 0 Å². The lowest BCUT2D eigenvalue weighted by atomic mass is 9.47. The van der Waals surface area contributed by atoms with Crippen LogP contribution < -0.4 is 0 Å². The highest BCUT2D eigenvalue weighted by Gasteiger charge is 2.61. The number of carbonyl (C=O) groups excluding carboxylic acids is 1. The van der Waals surface area contributed by atoms with Crippen LogP contribution >= 0.6 is 0 Å². The first-order valence-corrected chi connectivity index (χ1v) is 12.6. The smallest absolute Gasteiger partial charge is 0.246 e. The second-order valence-corrected chi connectivity index (χ2v) is 11.4. The molecule has 168 valence electrons. The molecule has 31 heavy (non-hydrogen) atoms. The van der Waals surface area contributed by atoms with E-state index in [2.05, 4.69) is 36.8 Å². The fraction of sp³-hybridized carbons (Fsp3) is 0.741. The van der Waals surface area contributed by atoms with E-state index in [-0.39, 0.29) is 11.3 Å². The van der Waals surface area contributed by atoms with Gasteiger partial charge in [0.1, 0.15) is 5.82 Å². The van der Waals surface area contributed by atoms with Gasteiger partial charge in [-0.05, 0) is 85.7 Å². The molecule has 1 amide bonds. The van der Waals surface area contributed by atoms with E-state index in [1.165, 1.54) is 38.5 Å². The van der Waals surface area contributed by atoms with Gasteiger partial charge in [0.2, 0.25) is 5.91 Å². The van der Waals surface area contributed by atoms with Gasteiger partial charge in [-0.2, -0.15) is 0 Å². The van der Waals surface area contributed by atoms with Crippen molar-refractivity contribution in [3.8, 4) is 0 Å². The summed E-state index contributed by atoms with van der Waals surface area (Å²) in [7, 11) is 2.02. The van der Waals surface area contributed by atoms with Crippen LogP contribution in [0.5, 0.6) is 0 Å². The Balaban J connectivity index is 1.39. The number of fused-ring (bicyclic) bond motifs is 5. The molecule has 1 aromatic rings. The minimum atomic E-state index is 0.146. The summed E-state index contributed by atoms with van der Waals surface area (Å²) in [6.45, 7) is 7.44. The lowest BCUT2D eigenvalue weighted by Gasteiger charge is -2.60. The number of nitrogens with zero attached hydrogens (tertiary/aromatic N) is 3. The first kappa shape index (κ1) is 21.2. The molecule has 3 aliphatic carbocycles. The number of amides is 1. The highest BCUT2D eigenvalue weighted by molar-refractivity contribution is 5.89. The summed E-state index contributed by atoms with van der Waals surface area (Å²) >= 11 is 0. The van der Waals surface area contributed by atoms with Gasteiger partial charge in [0.15, 0.2) is 0 Å². The van der Waals surface area contributed by atoms with Crippen LogP contribution in [0.25, 0.3) is 0 Å². The van der Waals surface area contributed by atoms with Crippen LogP contribution in [0.1, 0.15) is 71.5 Å². The Morgan fingerprint density at radius 1 is 1.10 bits per heavy atom. The number of carbonyl (C=O) groups is 1.